The Balaban J connectivity index is 1.71. The second-order valence-electron chi connectivity index (χ2n) is 6.21. The second kappa shape index (κ2) is 5.84. The minimum atomic E-state index is -0.350. The van der Waals surface area contributed by atoms with Crippen LogP contribution in [-0.2, 0) is 4.74 Å². The molecular weight excluding hydrogens is 276 g/mol. The third-order valence-electron chi connectivity index (χ3n) is 4.51. The van der Waals surface area contributed by atoms with E-state index in [2.05, 4.69) is 24.8 Å². The van der Waals surface area contributed by atoms with Crippen LogP contribution in [0.15, 0.2) is 43.0 Å². The van der Waals surface area contributed by atoms with Crippen LogP contribution in [0.5, 0.6) is 0 Å². The first-order chi connectivity index (χ1) is 10.7. The molecule has 0 N–H and O–H groups in total. The molecule has 1 amide bonds. The Morgan fingerprint density at radius 3 is 2.77 bits per heavy atom. The molecule has 1 aromatic carbocycles. The van der Waals surface area contributed by atoms with Crippen molar-refractivity contribution in [3.8, 4) is 6.07 Å². The van der Waals surface area contributed by atoms with Gasteiger partial charge in [-0.3, -0.25) is 0 Å². The van der Waals surface area contributed by atoms with Gasteiger partial charge in [-0.1, -0.05) is 43.0 Å². The van der Waals surface area contributed by atoms with Crippen LogP contribution in [0.1, 0.15) is 30.7 Å². The first-order valence-electron chi connectivity index (χ1n) is 7.69. The molecule has 4 nitrogen and oxygen atoms in total. The highest BCUT2D eigenvalue weighted by Crippen LogP contribution is 2.50. The van der Waals surface area contributed by atoms with Crippen molar-refractivity contribution in [3.05, 3.63) is 48.6 Å². The predicted molar refractivity (Wildman–Crippen MR) is 83.1 cm³/mol. The molecule has 2 aliphatic rings. The lowest BCUT2D eigenvalue weighted by Crippen LogP contribution is -2.38. The Morgan fingerprint density at radius 2 is 2.18 bits per heavy atom. The molecule has 1 unspecified atom stereocenters. The van der Waals surface area contributed by atoms with Crippen LogP contribution >= 0.6 is 0 Å². The van der Waals surface area contributed by atoms with Gasteiger partial charge in [0, 0.05) is 18.5 Å². The average Bonchev–Trinajstić information content (AvgIpc) is 3.46. The highest BCUT2D eigenvalue weighted by Gasteiger charge is 2.52. The van der Waals surface area contributed by atoms with Crippen LogP contribution in [0.2, 0.25) is 0 Å². The van der Waals surface area contributed by atoms with Gasteiger partial charge in [0.05, 0.1) is 11.5 Å². The number of carbonyl (C=O) groups is 1. The van der Waals surface area contributed by atoms with Crippen LogP contribution < -0.4 is 0 Å². The fourth-order valence-electron chi connectivity index (χ4n) is 2.90. The Hall–Kier alpha value is -2.28. The van der Waals surface area contributed by atoms with Gasteiger partial charge in [-0.25, -0.2) is 4.79 Å². The lowest BCUT2D eigenvalue weighted by Gasteiger charge is -2.24. The molecule has 0 bridgehead atoms. The summed E-state index contributed by atoms with van der Waals surface area (Å²) in [5, 5.41) is 9.30. The van der Waals surface area contributed by atoms with E-state index in [9.17, 15) is 10.1 Å². The zero-order chi connectivity index (χ0) is 15.6. The molecule has 0 heterocycles. The summed E-state index contributed by atoms with van der Waals surface area (Å²) in [6.45, 7) is 4.26. The number of nitriles is 1. The minimum absolute atomic E-state index is 0.144. The maximum absolute atomic E-state index is 12.3. The van der Waals surface area contributed by atoms with Crippen molar-refractivity contribution in [2.45, 2.75) is 31.2 Å². The van der Waals surface area contributed by atoms with Gasteiger partial charge in [0.2, 0.25) is 0 Å². The van der Waals surface area contributed by atoms with Crippen molar-refractivity contribution in [2.24, 2.45) is 5.41 Å². The summed E-state index contributed by atoms with van der Waals surface area (Å²) in [5.74, 6) is 0.354. The van der Waals surface area contributed by atoms with E-state index >= 15 is 0 Å². The summed E-state index contributed by atoms with van der Waals surface area (Å²) < 4.78 is 5.22. The third kappa shape index (κ3) is 2.99. The van der Waals surface area contributed by atoms with Crippen molar-refractivity contribution < 1.29 is 9.53 Å². The average molecular weight is 296 g/mol. The molecule has 2 saturated carbocycles. The maximum atomic E-state index is 12.3. The summed E-state index contributed by atoms with van der Waals surface area (Å²) in [5.41, 5.74) is 0.896. The standard InChI is InChI=1S/C18H20N2O2/c1-2-10-22-17(21)20(13-18(12-19)8-9-18)16-11-15(16)14-6-4-3-5-7-14/h2-7,15-16H,1,8-11,13H2/t15?,16-/m0/s1. The maximum Gasteiger partial charge on any atom is 0.410 e. The molecule has 0 aromatic heterocycles. The number of hydrogen-bond donors (Lipinski definition) is 0. The van der Waals surface area contributed by atoms with E-state index in [0.717, 1.165) is 19.3 Å². The molecule has 2 atom stereocenters. The quantitative estimate of drug-likeness (QED) is 0.755. The van der Waals surface area contributed by atoms with Gasteiger partial charge in [0.25, 0.3) is 0 Å². The van der Waals surface area contributed by atoms with Crippen molar-refractivity contribution in [2.75, 3.05) is 13.2 Å². The van der Waals surface area contributed by atoms with E-state index in [4.69, 9.17) is 4.74 Å². The molecule has 114 valence electrons. The van der Waals surface area contributed by atoms with Gasteiger partial charge >= 0.3 is 6.09 Å². The van der Waals surface area contributed by atoms with Crippen molar-refractivity contribution in [1.82, 2.24) is 4.90 Å². The number of ether oxygens (including phenoxy) is 1. The SMILES string of the molecule is C=CCOC(=O)N(CC1(C#N)CC1)[C@H]1CC1c1ccccc1. The minimum Gasteiger partial charge on any atom is -0.445 e. The molecule has 3 rings (SSSR count). The zero-order valence-corrected chi connectivity index (χ0v) is 12.6. The summed E-state index contributed by atoms with van der Waals surface area (Å²) in [4.78, 5) is 14.1. The number of hydrogen-bond acceptors (Lipinski definition) is 3. The summed E-state index contributed by atoms with van der Waals surface area (Å²) in [7, 11) is 0. The largest absolute Gasteiger partial charge is 0.445 e. The molecule has 2 fully saturated rings. The highest BCUT2D eigenvalue weighted by molar-refractivity contribution is 5.69. The van der Waals surface area contributed by atoms with E-state index in [-0.39, 0.29) is 24.2 Å². The number of nitrogens with zero attached hydrogens (tertiary/aromatic N) is 2. The second-order valence-corrected chi connectivity index (χ2v) is 6.21. The van der Waals surface area contributed by atoms with Crippen molar-refractivity contribution in [3.63, 3.8) is 0 Å². The number of rotatable bonds is 6. The lowest BCUT2D eigenvalue weighted by atomic mass is 10.1. The molecule has 0 aliphatic heterocycles. The predicted octanol–water partition coefficient (Wildman–Crippen LogP) is 3.47. The molecule has 1 aromatic rings. The lowest BCUT2D eigenvalue weighted by molar-refractivity contribution is 0.103. The number of amides is 1. The Kier molecular flexibility index (Phi) is 3.89. The molecule has 22 heavy (non-hydrogen) atoms. The third-order valence-corrected chi connectivity index (χ3v) is 4.51. The normalized spacial score (nSPS) is 24.0. The van der Waals surface area contributed by atoms with E-state index in [1.165, 1.54) is 5.56 Å². The zero-order valence-electron chi connectivity index (χ0n) is 12.6. The Bertz CT molecular complexity index is 601. The highest BCUT2D eigenvalue weighted by atomic mass is 16.6. The van der Waals surface area contributed by atoms with Crippen molar-refractivity contribution in [1.29, 1.82) is 5.26 Å². The first kappa shape index (κ1) is 14.6. The number of benzene rings is 1. The topological polar surface area (TPSA) is 53.3 Å². The molecular formula is C18H20N2O2. The molecule has 0 radical (unpaired) electrons. The molecule has 0 spiro atoms. The fourth-order valence-corrected chi connectivity index (χ4v) is 2.90. The number of carbonyl (C=O) groups excluding carboxylic acids is 1. The van der Waals surface area contributed by atoms with Crippen LogP contribution in [0.3, 0.4) is 0 Å². The van der Waals surface area contributed by atoms with E-state index in [0.29, 0.717) is 12.5 Å². The smallest absolute Gasteiger partial charge is 0.410 e. The van der Waals surface area contributed by atoms with E-state index in [1.54, 1.807) is 11.0 Å². The van der Waals surface area contributed by atoms with Gasteiger partial charge < -0.3 is 9.64 Å². The summed E-state index contributed by atoms with van der Waals surface area (Å²) in [6, 6.07) is 12.7. The fraction of sp³-hybridized carbons (Fsp3) is 0.444. The monoisotopic (exact) mass is 296 g/mol. The van der Waals surface area contributed by atoms with Crippen LogP contribution in [-0.4, -0.2) is 30.2 Å². The van der Waals surface area contributed by atoms with Gasteiger partial charge in [0.15, 0.2) is 0 Å². The van der Waals surface area contributed by atoms with Crippen LogP contribution in [0.25, 0.3) is 0 Å². The molecule has 2 aliphatic carbocycles. The first-order valence-corrected chi connectivity index (χ1v) is 7.69. The summed E-state index contributed by atoms with van der Waals surface area (Å²) >= 11 is 0. The van der Waals surface area contributed by atoms with Gasteiger partial charge in [0.1, 0.15) is 6.61 Å². The Morgan fingerprint density at radius 1 is 1.45 bits per heavy atom. The van der Waals surface area contributed by atoms with Gasteiger partial charge in [-0.2, -0.15) is 5.26 Å². The van der Waals surface area contributed by atoms with Crippen molar-refractivity contribution >= 4 is 6.09 Å². The van der Waals surface area contributed by atoms with E-state index < -0.39 is 0 Å². The Labute approximate surface area is 131 Å². The van der Waals surface area contributed by atoms with Crippen LogP contribution in [0, 0.1) is 16.7 Å². The van der Waals surface area contributed by atoms with Crippen LogP contribution in [0.4, 0.5) is 4.79 Å². The van der Waals surface area contributed by atoms with Gasteiger partial charge in [-0.15, -0.1) is 0 Å². The van der Waals surface area contributed by atoms with Gasteiger partial charge in [-0.05, 0) is 24.8 Å². The van der Waals surface area contributed by atoms with E-state index in [1.807, 2.05) is 18.2 Å². The summed E-state index contributed by atoms with van der Waals surface area (Å²) in [6.07, 6.45) is 3.92. The molecule has 0 saturated heterocycles. The molecule has 4 heteroatoms.